The van der Waals surface area contributed by atoms with Crippen LogP contribution in [0.15, 0.2) is 48.5 Å². The average Bonchev–Trinajstić information content (AvgIpc) is 3.35. The molecule has 162 valence electrons. The number of para-hydroxylation sites is 1. The SMILES string of the molecule is COc1ccc(CCN(C)C(=O)c2cc3ccccc3nc2N2CCCC2)cc1OC. The number of nitrogens with zero attached hydrogens (tertiary/aromatic N) is 3. The summed E-state index contributed by atoms with van der Waals surface area (Å²) < 4.78 is 10.7. The number of likely N-dealkylation sites (N-methyl/N-ethyl adjacent to an activating group) is 1. The van der Waals surface area contributed by atoms with Gasteiger partial charge in [0.25, 0.3) is 5.91 Å². The van der Waals surface area contributed by atoms with Crippen LogP contribution in [0.25, 0.3) is 10.9 Å². The number of carbonyl (C=O) groups excluding carboxylic acids is 1. The second-order valence-electron chi connectivity index (χ2n) is 7.91. The maximum atomic E-state index is 13.4. The molecule has 0 bridgehead atoms. The first-order valence-corrected chi connectivity index (χ1v) is 10.7. The third-order valence-electron chi connectivity index (χ3n) is 5.87. The maximum absolute atomic E-state index is 13.4. The standard InChI is InChI=1S/C25H29N3O3/c1-27(15-12-18-10-11-22(30-2)23(16-18)31-3)25(29)20-17-19-8-4-5-9-21(19)26-24(20)28-13-6-7-14-28/h4-5,8-11,16-17H,6-7,12-15H2,1-3H3. The molecule has 0 radical (unpaired) electrons. The molecule has 0 saturated carbocycles. The minimum Gasteiger partial charge on any atom is -0.493 e. The third kappa shape index (κ3) is 4.43. The number of benzene rings is 2. The molecule has 6 heteroatoms. The highest BCUT2D eigenvalue weighted by atomic mass is 16.5. The van der Waals surface area contributed by atoms with Crippen molar-refractivity contribution in [3.63, 3.8) is 0 Å². The van der Waals surface area contributed by atoms with Crippen molar-refractivity contribution in [3.8, 4) is 11.5 Å². The molecule has 0 spiro atoms. The summed E-state index contributed by atoms with van der Waals surface area (Å²) in [4.78, 5) is 22.3. The van der Waals surface area contributed by atoms with Crippen molar-refractivity contribution in [1.29, 1.82) is 0 Å². The van der Waals surface area contributed by atoms with E-state index in [2.05, 4.69) is 4.90 Å². The van der Waals surface area contributed by atoms with Crippen LogP contribution in [0.4, 0.5) is 5.82 Å². The molecule has 1 aliphatic heterocycles. The smallest absolute Gasteiger partial charge is 0.257 e. The van der Waals surface area contributed by atoms with E-state index >= 15 is 0 Å². The van der Waals surface area contributed by atoms with Gasteiger partial charge in [-0.2, -0.15) is 0 Å². The van der Waals surface area contributed by atoms with Crippen molar-refractivity contribution in [3.05, 3.63) is 59.7 Å². The summed E-state index contributed by atoms with van der Waals surface area (Å²) in [6.45, 7) is 2.49. The van der Waals surface area contributed by atoms with Gasteiger partial charge in [-0.15, -0.1) is 0 Å². The molecular weight excluding hydrogens is 390 g/mol. The lowest BCUT2D eigenvalue weighted by Crippen LogP contribution is -2.31. The first-order chi connectivity index (χ1) is 15.1. The number of aromatic nitrogens is 1. The predicted octanol–water partition coefficient (Wildman–Crippen LogP) is 4.17. The Morgan fingerprint density at radius 1 is 1.03 bits per heavy atom. The third-order valence-corrected chi connectivity index (χ3v) is 5.87. The van der Waals surface area contributed by atoms with Gasteiger partial charge in [-0.05, 0) is 49.1 Å². The Kier molecular flexibility index (Phi) is 6.26. The first-order valence-electron chi connectivity index (χ1n) is 10.7. The molecule has 3 aromatic rings. The van der Waals surface area contributed by atoms with Gasteiger partial charge in [-0.25, -0.2) is 4.98 Å². The van der Waals surface area contributed by atoms with Crippen LogP contribution in [0, 0.1) is 0 Å². The van der Waals surface area contributed by atoms with Crippen molar-refractivity contribution < 1.29 is 14.3 Å². The average molecular weight is 420 g/mol. The molecule has 6 nitrogen and oxygen atoms in total. The second-order valence-corrected chi connectivity index (χ2v) is 7.91. The second kappa shape index (κ2) is 9.25. The first kappa shape index (κ1) is 21.0. The molecule has 2 heterocycles. The molecule has 1 fully saturated rings. The van der Waals surface area contributed by atoms with Gasteiger partial charge in [0, 0.05) is 32.1 Å². The number of hydrogen-bond donors (Lipinski definition) is 0. The Balaban J connectivity index is 1.56. The number of ether oxygens (including phenoxy) is 2. The molecule has 0 N–H and O–H groups in total. The van der Waals surface area contributed by atoms with Crippen molar-refractivity contribution in [2.24, 2.45) is 0 Å². The zero-order valence-corrected chi connectivity index (χ0v) is 18.4. The number of hydrogen-bond acceptors (Lipinski definition) is 5. The summed E-state index contributed by atoms with van der Waals surface area (Å²) in [7, 11) is 5.11. The minimum absolute atomic E-state index is 0.000583. The summed E-state index contributed by atoms with van der Waals surface area (Å²) in [5.41, 5.74) is 2.69. The van der Waals surface area contributed by atoms with E-state index in [9.17, 15) is 4.79 Å². The Labute approximate surface area is 183 Å². The fraction of sp³-hybridized carbons (Fsp3) is 0.360. The fourth-order valence-electron chi connectivity index (χ4n) is 4.07. The van der Waals surface area contributed by atoms with E-state index in [4.69, 9.17) is 14.5 Å². The van der Waals surface area contributed by atoms with Gasteiger partial charge >= 0.3 is 0 Å². The summed E-state index contributed by atoms with van der Waals surface area (Å²) >= 11 is 0. The predicted molar refractivity (Wildman–Crippen MR) is 123 cm³/mol. The molecule has 1 amide bonds. The monoisotopic (exact) mass is 419 g/mol. The summed E-state index contributed by atoms with van der Waals surface area (Å²) in [5.74, 6) is 2.21. The zero-order valence-electron chi connectivity index (χ0n) is 18.4. The van der Waals surface area contributed by atoms with E-state index < -0.39 is 0 Å². The molecule has 2 aromatic carbocycles. The van der Waals surface area contributed by atoms with Crippen LogP contribution >= 0.6 is 0 Å². The van der Waals surface area contributed by atoms with E-state index in [1.165, 1.54) is 0 Å². The molecule has 4 rings (SSSR count). The Hall–Kier alpha value is -3.28. The van der Waals surface area contributed by atoms with Crippen LogP contribution in [0.2, 0.25) is 0 Å². The van der Waals surface area contributed by atoms with E-state index in [-0.39, 0.29) is 5.91 Å². The Morgan fingerprint density at radius 2 is 1.77 bits per heavy atom. The van der Waals surface area contributed by atoms with Crippen LogP contribution < -0.4 is 14.4 Å². The quantitative estimate of drug-likeness (QED) is 0.575. The molecule has 1 aromatic heterocycles. The van der Waals surface area contributed by atoms with Crippen LogP contribution in [0.1, 0.15) is 28.8 Å². The van der Waals surface area contributed by atoms with Crippen molar-refractivity contribution in [2.75, 3.05) is 45.8 Å². The topological polar surface area (TPSA) is 54.9 Å². The highest BCUT2D eigenvalue weighted by Crippen LogP contribution is 2.29. The summed E-state index contributed by atoms with van der Waals surface area (Å²) in [6, 6.07) is 15.8. The highest BCUT2D eigenvalue weighted by Gasteiger charge is 2.24. The zero-order chi connectivity index (χ0) is 21.8. The number of pyridine rings is 1. The fourth-order valence-corrected chi connectivity index (χ4v) is 4.07. The number of fused-ring (bicyclic) bond motifs is 1. The lowest BCUT2D eigenvalue weighted by molar-refractivity contribution is 0.0797. The van der Waals surface area contributed by atoms with Crippen LogP contribution in [0.5, 0.6) is 11.5 Å². The Bertz CT molecular complexity index is 1080. The highest BCUT2D eigenvalue weighted by molar-refractivity contribution is 6.02. The van der Waals surface area contributed by atoms with E-state index in [1.807, 2.05) is 55.6 Å². The number of anilines is 1. The van der Waals surface area contributed by atoms with E-state index in [0.717, 1.165) is 54.6 Å². The van der Waals surface area contributed by atoms with Crippen LogP contribution in [-0.2, 0) is 6.42 Å². The molecule has 31 heavy (non-hydrogen) atoms. The van der Waals surface area contributed by atoms with Gasteiger partial charge in [0.2, 0.25) is 0 Å². The lowest BCUT2D eigenvalue weighted by atomic mass is 10.1. The summed E-state index contributed by atoms with van der Waals surface area (Å²) in [6.07, 6.45) is 3.00. The van der Waals surface area contributed by atoms with Gasteiger partial charge in [-0.3, -0.25) is 4.79 Å². The molecule has 1 saturated heterocycles. The number of amides is 1. The van der Waals surface area contributed by atoms with Crippen molar-refractivity contribution in [2.45, 2.75) is 19.3 Å². The van der Waals surface area contributed by atoms with Gasteiger partial charge in [0.1, 0.15) is 5.82 Å². The lowest BCUT2D eigenvalue weighted by Gasteiger charge is -2.24. The van der Waals surface area contributed by atoms with Gasteiger partial charge < -0.3 is 19.3 Å². The van der Waals surface area contributed by atoms with Gasteiger partial charge in [-0.1, -0.05) is 24.3 Å². The number of methoxy groups -OCH3 is 2. The van der Waals surface area contributed by atoms with Gasteiger partial charge in [0.15, 0.2) is 11.5 Å². The normalized spacial score (nSPS) is 13.5. The number of rotatable bonds is 7. The molecule has 0 aliphatic carbocycles. The molecular formula is C25H29N3O3. The molecule has 0 unspecified atom stereocenters. The largest absolute Gasteiger partial charge is 0.493 e. The van der Waals surface area contributed by atoms with Crippen molar-refractivity contribution >= 4 is 22.6 Å². The van der Waals surface area contributed by atoms with Crippen LogP contribution in [0.3, 0.4) is 0 Å². The van der Waals surface area contributed by atoms with E-state index in [0.29, 0.717) is 23.6 Å². The molecule has 1 aliphatic rings. The summed E-state index contributed by atoms with van der Waals surface area (Å²) in [5, 5.41) is 0.988. The van der Waals surface area contributed by atoms with Gasteiger partial charge in [0.05, 0.1) is 25.3 Å². The molecule has 0 atom stereocenters. The number of carbonyl (C=O) groups is 1. The van der Waals surface area contributed by atoms with E-state index in [1.54, 1.807) is 19.1 Å². The Morgan fingerprint density at radius 3 is 2.52 bits per heavy atom. The van der Waals surface area contributed by atoms with Crippen LogP contribution in [-0.4, -0.2) is 56.7 Å². The minimum atomic E-state index is 0.000583. The maximum Gasteiger partial charge on any atom is 0.257 e. The van der Waals surface area contributed by atoms with Crippen molar-refractivity contribution in [1.82, 2.24) is 9.88 Å².